The van der Waals surface area contributed by atoms with E-state index >= 15 is 0 Å². The van der Waals surface area contributed by atoms with Crippen LogP contribution in [0.5, 0.6) is 0 Å². The average Bonchev–Trinajstić information content (AvgIpc) is 3.24. The Morgan fingerprint density at radius 2 is 1.68 bits per heavy atom. The van der Waals surface area contributed by atoms with Gasteiger partial charge in [-0.3, -0.25) is 9.59 Å². The topological polar surface area (TPSA) is 101 Å². The molecule has 1 aliphatic rings. The van der Waals surface area contributed by atoms with Gasteiger partial charge in [-0.2, -0.15) is 0 Å². The molecular weight excluding hydrogens is 458 g/mol. The number of para-hydroxylation sites is 1. The van der Waals surface area contributed by atoms with Crippen LogP contribution in [-0.4, -0.2) is 45.2 Å². The van der Waals surface area contributed by atoms with Gasteiger partial charge in [-0.05, 0) is 30.7 Å². The third kappa shape index (κ3) is 3.61. The largest absolute Gasteiger partial charge is 0.468 e. The van der Waals surface area contributed by atoms with Crippen LogP contribution in [0, 0.1) is 12.3 Å². The second-order valence-electron chi connectivity index (χ2n) is 8.21. The molecule has 0 aliphatic carbocycles. The molecule has 0 saturated carbocycles. The Kier molecular flexibility index (Phi) is 6.09. The third-order valence-electron chi connectivity index (χ3n) is 6.26. The molecule has 34 heavy (non-hydrogen) atoms. The Morgan fingerprint density at radius 1 is 1.06 bits per heavy atom. The van der Waals surface area contributed by atoms with E-state index in [1.807, 2.05) is 6.92 Å². The van der Waals surface area contributed by atoms with Crippen LogP contribution in [0.25, 0.3) is 10.9 Å². The van der Waals surface area contributed by atoms with Crippen molar-refractivity contribution < 1.29 is 32.2 Å². The third-order valence-corrected chi connectivity index (χ3v) is 7.94. The van der Waals surface area contributed by atoms with E-state index in [9.17, 15) is 18.0 Å². The molecule has 2 heterocycles. The average molecular weight is 484 g/mol. The molecule has 1 unspecified atom stereocenters. The van der Waals surface area contributed by atoms with Crippen LogP contribution in [0.2, 0.25) is 0 Å². The number of aryl methyl sites for hydroxylation is 1. The summed E-state index contributed by atoms with van der Waals surface area (Å²) in [5, 5.41) is 0.624. The fourth-order valence-corrected chi connectivity index (χ4v) is 5.72. The van der Waals surface area contributed by atoms with Gasteiger partial charge < -0.3 is 14.2 Å². The van der Waals surface area contributed by atoms with Crippen LogP contribution in [0.3, 0.4) is 0 Å². The van der Waals surface area contributed by atoms with E-state index in [-0.39, 0.29) is 23.5 Å². The van der Waals surface area contributed by atoms with Crippen molar-refractivity contribution in [1.82, 2.24) is 3.97 Å². The Bertz CT molecular complexity index is 1360. The van der Waals surface area contributed by atoms with Crippen molar-refractivity contribution >= 4 is 32.9 Å². The van der Waals surface area contributed by atoms with Gasteiger partial charge in [0.25, 0.3) is 10.0 Å². The first-order valence-corrected chi connectivity index (χ1v) is 12.0. The number of benzene rings is 2. The van der Waals surface area contributed by atoms with Gasteiger partial charge in [-0.1, -0.05) is 42.5 Å². The zero-order valence-electron chi connectivity index (χ0n) is 19.1. The van der Waals surface area contributed by atoms with Crippen LogP contribution in [-0.2, 0) is 33.8 Å². The summed E-state index contributed by atoms with van der Waals surface area (Å²) in [5.41, 5.74) is 0.378. The van der Waals surface area contributed by atoms with Crippen LogP contribution in [0.1, 0.15) is 23.7 Å². The van der Waals surface area contributed by atoms with Gasteiger partial charge in [-0.15, -0.1) is 0 Å². The lowest BCUT2D eigenvalue weighted by atomic mass is 9.73. The highest BCUT2D eigenvalue weighted by Crippen LogP contribution is 2.46. The fraction of sp³-hybridized carbons (Fsp3) is 0.280. The first-order chi connectivity index (χ1) is 16.2. The lowest BCUT2D eigenvalue weighted by molar-refractivity contribution is -0.172. The predicted octanol–water partition coefficient (Wildman–Crippen LogP) is 3.54. The van der Waals surface area contributed by atoms with Crippen molar-refractivity contribution in [2.24, 2.45) is 5.41 Å². The second kappa shape index (κ2) is 8.73. The van der Waals surface area contributed by atoms with Gasteiger partial charge in [0.05, 0.1) is 37.3 Å². The standard InChI is InChI=1S/C25H25NO7S/c1-16-9-11-18(12-10-16)34(29,30)26-14-20(19-7-5-6-8-21(19)26)22-13-25(23(27)31-3,24(28)32-4)17(2)15-33-22/h5-12,14,22H,2,13,15H2,1,3-4H3. The molecule has 2 aromatic carbocycles. The van der Waals surface area contributed by atoms with E-state index in [1.54, 1.807) is 48.5 Å². The lowest BCUT2D eigenvalue weighted by Gasteiger charge is -2.38. The van der Waals surface area contributed by atoms with Crippen LogP contribution in [0.15, 0.2) is 71.8 Å². The van der Waals surface area contributed by atoms with Gasteiger partial charge in [-0.25, -0.2) is 12.4 Å². The Balaban J connectivity index is 1.86. The first kappa shape index (κ1) is 23.7. The summed E-state index contributed by atoms with van der Waals surface area (Å²) >= 11 is 0. The molecule has 1 aromatic heterocycles. The van der Waals surface area contributed by atoms with Gasteiger partial charge in [0.15, 0.2) is 5.41 Å². The van der Waals surface area contributed by atoms with Crippen molar-refractivity contribution in [3.63, 3.8) is 0 Å². The number of methoxy groups -OCH3 is 2. The van der Waals surface area contributed by atoms with Gasteiger partial charge in [0, 0.05) is 23.6 Å². The number of hydrogen-bond acceptors (Lipinski definition) is 7. The Morgan fingerprint density at radius 3 is 2.29 bits per heavy atom. The molecule has 3 aromatic rings. The summed E-state index contributed by atoms with van der Waals surface area (Å²) in [6, 6.07) is 13.6. The summed E-state index contributed by atoms with van der Waals surface area (Å²) in [7, 11) is -1.55. The minimum atomic E-state index is -3.92. The number of rotatable bonds is 5. The molecule has 0 radical (unpaired) electrons. The van der Waals surface area contributed by atoms with E-state index in [1.165, 1.54) is 24.4 Å². The summed E-state index contributed by atoms with van der Waals surface area (Å²) in [5.74, 6) is -1.60. The molecule has 1 fully saturated rings. The van der Waals surface area contributed by atoms with E-state index in [4.69, 9.17) is 14.2 Å². The molecule has 9 heteroatoms. The number of aromatic nitrogens is 1. The zero-order valence-corrected chi connectivity index (χ0v) is 19.9. The zero-order chi connectivity index (χ0) is 24.7. The predicted molar refractivity (Wildman–Crippen MR) is 125 cm³/mol. The lowest BCUT2D eigenvalue weighted by Crippen LogP contribution is -2.47. The summed E-state index contributed by atoms with van der Waals surface area (Å²) in [4.78, 5) is 25.7. The van der Waals surface area contributed by atoms with Crippen molar-refractivity contribution in [3.8, 4) is 0 Å². The molecular formula is C25H25NO7S. The quantitative estimate of drug-likeness (QED) is 0.311. The first-order valence-electron chi connectivity index (χ1n) is 10.6. The summed E-state index contributed by atoms with van der Waals surface area (Å²) in [6.07, 6.45) is 0.560. The van der Waals surface area contributed by atoms with Crippen LogP contribution in [0.4, 0.5) is 0 Å². The number of carbonyl (C=O) groups excluding carboxylic acids is 2. The van der Waals surface area contributed by atoms with Crippen molar-refractivity contribution in [2.75, 3.05) is 20.8 Å². The van der Waals surface area contributed by atoms with E-state index in [0.29, 0.717) is 16.5 Å². The second-order valence-corrected chi connectivity index (χ2v) is 10.0. The number of hydrogen-bond donors (Lipinski definition) is 0. The summed E-state index contributed by atoms with van der Waals surface area (Å²) < 4.78 is 44.0. The fourth-order valence-electron chi connectivity index (χ4n) is 4.35. The van der Waals surface area contributed by atoms with Crippen molar-refractivity contribution in [2.45, 2.75) is 24.3 Å². The number of carbonyl (C=O) groups is 2. The van der Waals surface area contributed by atoms with Crippen molar-refractivity contribution in [3.05, 3.63) is 78.0 Å². The molecule has 0 N–H and O–H groups in total. The molecule has 4 rings (SSSR count). The summed E-state index contributed by atoms with van der Waals surface area (Å²) in [6.45, 7) is 5.64. The Labute approximate surface area is 197 Å². The maximum Gasteiger partial charge on any atom is 0.327 e. The van der Waals surface area contributed by atoms with E-state index < -0.39 is 33.5 Å². The molecule has 0 bridgehead atoms. The van der Waals surface area contributed by atoms with Crippen LogP contribution < -0.4 is 0 Å². The Hall–Kier alpha value is -3.43. The van der Waals surface area contributed by atoms with E-state index in [2.05, 4.69) is 6.58 Å². The highest BCUT2D eigenvalue weighted by Gasteiger charge is 2.55. The number of esters is 2. The van der Waals surface area contributed by atoms with E-state index in [0.717, 1.165) is 5.56 Å². The minimum absolute atomic E-state index is 0.0981. The molecule has 178 valence electrons. The SMILES string of the molecule is C=C1COC(c2cn(S(=O)(=O)c3ccc(C)cc3)c3ccccc23)CC1(C(=O)OC)C(=O)OC. The molecule has 0 spiro atoms. The van der Waals surface area contributed by atoms with Crippen LogP contribution >= 0.6 is 0 Å². The minimum Gasteiger partial charge on any atom is -0.468 e. The molecule has 8 nitrogen and oxygen atoms in total. The molecule has 1 atom stereocenters. The van der Waals surface area contributed by atoms with Gasteiger partial charge in [0.2, 0.25) is 0 Å². The number of ether oxygens (including phenoxy) is 3. The molecule has 1 aliphatic heterocycles. The highest BCUT2D eigenvalue weighted by atomic mass is 32.2. The molecule has 1 saturated heterocycles. The number of fused-ring (bicyclic) bond motifs is 1. The monoisotopic (exact) mass is 483 g/mol. The smallest absolute Gasteiger partial charge is 0.327 e. The maximum atomic E-state index is 13.5. The van der Waals surface area contributed by atoms with Gasteiger partial charge >= 0.3 is 11.9 Å². The number of nitrogens with zero attached hydrogens (tertiary/aromatic N) is 1. The normalized spacial score (nSPS) is 18.0. The van der Waals surface area contributed by atoms with Gasteiger partial charge in [0.1, 0.15) is 0 Å². The van der Waals surface area contributed by atoms with Crippen molar-refractivity contribution in [1.29, 1.82) is 0 Å². The highest BCUT2D eigenvalue weighted by molar-refractivity contribution is 7.90. The molecule has 0 amide bonds. The maximum absolute atomic E-state index is 13.5.